The van der Waals surface area contributed by atoms with Gasteiger partial charge in [-0.05, 0) is 30.7 Å². The van der Waals surface area contributed by atoms with E-state index in [4.69, 9.17) is 20.1 Å². The first-order valence-corrected chi connectivity index (χ1v) is 9.20. The summed E-state index contributed by atoms with van der Waals surface area (Å²) >= 11 is 3.44. The topological polar surface area (TPSA) is 106 Å². The molecule has 27 heavy (non-hydrogen) atoms. The van der Waals surface area contributed by atoms with E-state index >= 15 is 0 Å². The van der Waals surface area contributed by atoms with Crippen LogP contribution in [0, 0.1) is 23.7 Å². The van der Waals surface area contributed by atoms with E-state index in [1.165, 1.54) is 0 Å². The van der Waals surface area contributed by atoms with Crippen LogP contribution in [0.4, 0.5) is 5.69 Å². The van der Waals surface area contributed by atoms with E-state index in [1.54, 1.807) is 6.20 Å². The van der Waals surface area contributed by atoms with Gasteiger partial charge >= 0.3 is 0 Å². The van der Waals surface area contributed by atoms with E-state index in [-0.39, 0.29) is 18.3 Å². The summed E-state index contributed by atoms with van der Waals surface area (Å²) in [5.74, 6) is 0.648. The molecule has 2 N–H and O–H groups in total. The average molecular weight is 431 g/mol. The Labute approximate surface area is 165 Å². The van der Waals surface area contributed by atoms with E-state index in [9.17, 15) is 0 Å². The summed E-state index contributed by atoms with van der Waals surface area (Å²) in [6.45, 7) is 4.30. The minimum Gasteiger partial charge on any atom is -0.462 e. The van der Waals surface area contributed by atoms with Crippen LogP contribution in [0.3, 0.4) is 0 Å². The largest absolute Gasteiger partial charge is 0.462 e. The summed E-state index contributed by atoms with van der Waals surface area (Å²) in [5, 5.41) is 20.3. The molecule has 140 valence electrons. The van der Waals surface area contributed by atoms with Gasteiger partial charge in [0.05, 0.1) is 18.8 Å². The number of nitriles is 1. The molecule has 0 aliphatic carbocycles. The number of aryl methyl sites for hydroxylation is 1. The third-order valence-electron chi connectivity index (χ3n) is 4.03. The number of benzene rings is 1. The molecule has 0 spiro atoms. The van der Waals surface area contributed by atoms with Crippen LogP contribution in [0.2, 0.25) is 0 Å². The van der Waals surface area contributed by atoms with Crippen molar-refractivity contribution in [2.45, 2.75) is 6.92 Å². The van der Waals surface area contributed by atoms with E-state index in [0.717, 1.165) is 15.7 Å². The van der Waals surface area contributed by atoms with Crippen LogP contribution in [0.1, 0.15) is 5.56 Å². The maximum atomic E-state index is 8.85. The fraction of sp³-hybridized carbons (Fsp3) is 0.333. The quantitative estimate of drug-likeness (QED) is 0.766. The number of guanidine groups is 1. The van der Waals surface area contributed by atoms with Gasteiger partial charge in [0.2, 0.25) is 11.9 Å². The smallest absolute Gasteiger partial charge is 0.230 e. The van der Waals surface area contributed by atoms with Crippen molar-refractivity contribution in [3.63, 3.8) is 0 Å². The van der Waals surface area contributed by atoms with Gasteiger partial charge in [-0.3, -0.25) is 5.41 Å². The Hall–Kier alpha value is -2.70. The second-order valence-electron chi connectivity index (χ2n) is 5.89. The van der Waals surface area contributed by atoms with Gasteiger partial charge in [0.25, 0.3) is 0 Å². The van der Waals surface area contributed by atoms with Crippen molar-refractivity contribution in [3.05, 3.63) is 40.0 Å². The lowest BCUT2D eigenvalue weighted by molar-refractivity contribution is 0.0675. The first-order valence-electron chi connectivity index (χ1n) is 8.40. The Morgan fingerprint density at radius 2 is 2.19 bits per heavy atom. The number of hydrogen-bond acceptors (Lipinski definition) is 7. The number of rotatable bonds is 3. The molecule has 1 aromatic rings. The summed E-state index contributed by atoms with van der Waals surface area (Å²) in [4.78, 5) is 10.7. The van der Waals surface area contributed by atoms with Crippen LogP contribution >= 0.6 is 15.9 Å². The molecule has 0 bridgehead atoms. The number of halogens is 1. The highest BCUT2D eigenvalue weighted by Gasteiger charge is 2.25. The number of nitrogens with one attached hydrogen (secondary N) is 2. The normalized spacial score (nSPS) is 18.6. The summed E-state index contributed by atoms with van der Waals surface area (Å²) in [6.07, 6.45) is 1.63. The van der Waals surface area contributed by atoms with Gasteiger partial charge in [0.1, 0.15) is 6.07 Å². The maximum absolute atomic E-state index is 8.85. The maximum Gasteiger partial charge on any atom is 0.230 e. The van der Waals surface area contributed by atoms with Gasteiger partial charge in [-0.15, -0.1) is 0 Å². The summed E-state index contributed by atoms with van der Waals surface area (Å²) in [5.41, 5.74) is 2.32. The Kier molecular flexibility index (Phi) is 6.21. The van der Waals surface area contributed by atoms with Crippen LogP contribution < -0.4 is 5.32 Å². The number of ether oxygens (including phenoxy) is 2. The van der Waals surface area contributed by atoms with Crippen molar-refractivity contribution in [2.24, 2.45) is 9.98 Å². The van der Waals surface area contributed by atoms with Crippen LogP contribution in [0.5, 0.6) is 0 Å². The van der Waals surface area contributed by atoms with Crippen molar-refractivity contribution in [1.29, 1.82) is 10.7 Å². The predicted octanol–water partition coefficient (Wildman–Crippen LogP) is 2.67. The molecule has 1 fully saturated rings. The zero-order chi connectivity index (χ0) is 19.2. The Bertz CT molecular complexity index is 865. The van der Waals surface area contributed by atoms with Crippen LogP contribution in [0.15, 0.2) is 44.4 Å². The van der Waals surface area contributed by atoms with Gasteiger partial charge in [-0.1, -0.05) is 15.9 Å². The molecule has 1 aromatic carbocycles. The zero-order valence-electron chi connectivity index (χ0n) is 14.8. The van der Waals surface area contributed by atoms with Crippen molar-refractivity contribution >= 4 is 39.3 Å². The Balaban J connectivity index is 1.85. The number of amidine groups is 1. The minimum atomic E-state index is -0.156. The van der Waals surface area contributed by atoms with E-state index < -0.39 is 0 Å². The molecule has 2 aliphatic rings. The molecule has 0 unspecified atom stereocenters. The minimum absolute atomic E-state index is 0.0293. The molecule has 0 saturated carbocycles. The molecule has 2 heterocycles. The molecule has 3 rings (SSSR count). The number of hydrogen-bond donors (Lipinski definition) is 2. The van der Waals surface area contributed by atoms with Crippen molar-refractivity contribution in [2.75, 3.05) is 38.2 Å². The average Bonchev–Trinajstić information content (AvgIpc) is 2.67. The van der Waals surface area contributed by atoms with Crippen molar-refractivity contribution in [1.82, 2.24) is 4.90 Å². The second-order valence-corrected chi connectivity index (χ2v) is 6.80. The number of aliphatic imine (C=N–C) groups is 2. The highest BCUT2D eigenvalue weighted by atomic mass is 79.9. The zero-order valence-corrected chi connectivity index (χ0v) is 16.4. The SMILES string of the molecule is Cc1cc(Br)ccc1N/C=C1\C(=N)N=C(N2CCOCC2)N=C1OCC#N. The summed E-state index contributed by atoms with van der Waals surface area (Å²) in [7, 11) is 0. The van der Waals surface area contributed by atoms with Gasteiger partial charge in [0.15, 0.2) is 12.4 Å². The van der Waals surface area contributed by atoms with Gasteiger partial charge < -0.3 is 19.7 Å². The molecule has 0 aromatic heterocycles. The highest BCUT2D eigenvalue weighted by Crippen LogP contribution is 2.21. The molecule has 1 saturated heterocycles. The summed E-state index contributed by atoms with van der Waals surface area (Å²) < 4.78 is 11.8. The molecular weight excluding hydrogens is 412 g/mol. The molecular formula is C18H19BrN6O2. The number of morpholine rings is 1. The highest BCUT2D eigenvalue weighted by molar-refractivity contribution is 9.10. The molecule has 2 aliphatic heterocycles. The first-order chi connectivity index (χ1) is 13.1. The van der Waals surface area contributed by atoms with Crippen molar-refractivity contribution in [3.8, 4) is 6.07 Å². The number of anilines is 1. The van der Waals surface area contributed by atoms with Crippen LogP contribution in [-0.2, 0) is 9.47 Å². The Morgan fingerprint density at radius 1 is 1.41 bits per heavy atom. The predicted molar refractivity (Wildman–Crippen MR) is 107 cm³/mol. The van der Waals surface area contributed by atoms with Gasteiger partial charge in [0, 0.05) is 29.4 Å². The van der Waals surface area contributed by atoms with Crippen LogP contribution in [-0.4, -0.2) is 55.5 Å². The lowest BCUT2D eigenvalue weighted by Crippen LogP contribution is -2.42. The molecule has 0 amide bonds. The van der Waals surface area contributed by atoms with Gasteiger partial charge in [-0.25, -0.2) is 0 Å². The first kappa shape index (κ1) is 19.1. The fourth-order valence-electron chi connectivity index (χ4n) is 2.62. The fourth-order valence-corrected chi connectivity index (χ4v) is 3.10. The monoisotopic (exact) mass is 430 g/mol. The molecule has 8 nitrogen and oxygen atoms in total. The standard InChI is InChI=1S/C18H19BrN6O2/c1-12-10-13(19)2-3-15(12)22-11-14-16(21)23-18(24-17(14)27-7-4-20)25-5-8-26-9-6-25/h2-3,10-11,21-22H,5-9H2,1H3/b14-11+,21-16?. The third-order valence-corrected chi connectivity index (χ3v) is 4.52. The van der Waals surface area contributed by atoms with Crippen molar-refractivity contribution < 1.29 is 9.47 Å². The van der Waals surface area contributed by atoms with E-state index in [1.807, 2.05) is 36.1 Å². The third kappa shape index (κ3) is 4.72. The van der Waals surface area contributed by atoms with Gasteiger partial charge in [-0.2, -0.15) is 15.2 Å². The number of nitrogens with zero attached hydrogens (tertiary/aromatic N) is 4. The van der Waals surface area contributed by atoms with E-state index in [0.29, 0.717) is 37.8 Å². The van der Waals surface area contributed by atoms with E-state index in [2.05, 4.69) is 31.2 Å². The molecule has 0 atom stereocenters. The Morgan fingerprint density at radius 3 is 2.89 bits per heavy atom. The lowest BCUT2D eigenvalue weighted by Gasteiger charge is -2.29. The second kappa shape index (κ2) is 8.79. The molecule has 9 heteroatoms. The lowest BCUT2D eigenvalue weighted by atomic mass is 10.2. The molecule has 0 radical (unpaired) electrons. The van der Waals surface area contributed by atoms with Crippen LogP contribution in [0.25, 0.3) is 0 Å². The summed E-state index contributed by atoms with van der Waals surface area (Å²) in [6, 6.07) is 7.78.